The van der Waals surface area contributed by atoms with Gasteiger partial charge in [0.2, 0.25) is 5.91 Å². The van der Waals surface area contributed by atoms with Crippen LogP contribution in [0, 0.1) is 15.9 Å². The fourth-order valence-corrected chi connectivity index (χ4v) is 3.01. The number of hydrogen-bond acceptors (Lipinski definition) is 5. The first kappa shape index (κ1) is 20.4. The molecule has 2 N–H and O–H groups in total. The molecule has 2 rings (SSSR count). The molecule has 0 aliphatic carbocycles. The second-order valence-electron chi connectivity index (χ2n) is 5.53. The van der Waals surface area contributed by atoms with Gasteiger partial charge in [0, 0.05) is 23.1 Å². The maximum Gasteiger partial charge on any atom is 0.284 e. The van der Waals surface area contributed by atoms with E-state index in [9.17, 15) is 24.1 Å². The molecule has 0 fully saturated rings. The van der Waals surface area contributed by atoms with E-state index in [0.717, 1.165) is 24.2 Å². The molecule has 9 heteroatoms. The third-order valence-electron chi connectivity index (χ3n) is 3.44. The fraction of sp³-hybridized carbons (Fsp3) is 0.222. The van der Waals surface area contributed by atoms with Crippen LogP contribution in [0.3, 0.4) is 0 Å². The average Bonchev–Trinajstić information content (AvgIpc) is 2.66. The number of rotatable bonds is 8. The topological polar surface area (TPSA) is 101 Å². The van der Waals surface area contributed by atoms with Gasteiger partial charge >= 0.3 is 0 Å². The lowest BCUT2D eigenvalue weighted by molar-refractivity contribution is -0.387. The summed E-state index contributed by atoms with van der Waals surface area (Å²) in [5.41, 5.74) is -0.166. The Morgan fingerprint density at radius 2 is 1.85 bits per heavy atom. The van der Waals surface area contributed by atoms with Gasteiger partial charge < -0.3 is 10.6 Å². The van der Waals surface area contributed by atoms with Crippen molar-refractivity contribution in [3.05, 3.63) is 64.0 Å². The van der Waals surface area contributed by atoms with Crippen LogP contribution in [0.4, 0.5) is 10.1 Å². The highest BCUT2D eigenvalue weighted by atomic mass is 32.2. The second-order valence-corrected chi connectivity index (χ2v) is 6.64. The lowest BCUT2D eigenvalue weighted by Crippen LogP contribution is -2.37. The number of nitro benzene ring substituents is 1. The first-order valence-electron chi connectivity index (χ1n) is 8.17. The van der Waals surface area contributed by atoms with E-state index in [4.69, 9.17) is 0 Å². The molecule has 0 heterocycles. The quantitative estimate of drug-likeness (QED) is 0.532. The van der Waals surface area contributed by atoms with Crippen molar-refractivity contribution < 1.29 is 18.9 Å². The second kappa shape index (κ2) is 9.67. The standard InChI is InChI=1S/C18H18FN3O4S/c1-2-9-20-17(23)11-21-18(24)12-3-8-16(15(10-12)22(25)26)27-14-6-4-13(19)5-7-14/h3-8,10H,2,9,11H2,1H3,(H,20,23)(H,21,24). The van der Waals surface area contributed by atoms with Crippen molar-refractivity contribution in [2.45, 2.75) is 23.1 Å². The number of hydrogen-bond donors (Lipinski definition) is 2. The number of amides is 2. The Morgan fingerprint density at radius 3 is 2.48 bits per heavy atom. The van der Waals surface area contributed by atoms with Gasteiger partial charge in [-0.05, 0) is 42.8 Å². The molecule has 2 aromatic rings. The van der Waals surface area contributed by atoms with E-state index >= 15 is 0 Å². The number of carbonyl (C=O) groups is 2. The Balaban J connectivity index is 2.12. The normalized spacial score (nSPS) is 10.3. The van der Waals surface area contributed by atoms with Crippen LogP contribution in [0.5, 0.6) is 0 Å². The van der Waals surface area contributed by atoms with Gasteiger partial charge in [-0.1, -0.05) is 18.7 Å². The van der Waals surface area contributed by atoms with Crippen LogP contribution < -0.4 is 10.6 Å². The highest BCUT2D eigenvalue weighted by Gasteiger charge is 2.19. The van der Waals surface area contributed by atoms with Crippen LogP contribution in [0.15, 0.2) is 52.3 Å². The highest BCUT2D eigenvalue weighted by Crippen LogP contribution is 2.35. The van der Waals surface area contributed by atoms with Crippen molar-refractivity contribution in [2.24, 2.45) is 0 Å². The molecule has 0 aliphatic rings. The summed E-state index contributed by atoms with van der Waals surface area (Å²) in [6, 6.07) is 9.61. The van der Waals surface area contributed by atoms with Gasteiger partial charge in [0.1, 0.15) is 5.82 Å². The summed E-state index contributed by atoms with van der Waals surface area (Å²) in [6.45, 7) is 2.21. The van der Waals surface area contributed by atoms with E-state index in [1.807, 2.05) is 6.92 Å². The van der Waals surface area contributed by atoms with Crippen molar-refractivity contribution in [3.63, 3.8) is 0 Å². The zero-order valence-electron chi connectivity index (χ0n) is 14.5. The maximum atomic E-state index is 13.0. The summed E-state index contributed by atoms with van der Waals surface area (Å²) in [4.78, 5) is 35.4. The molecule has 0 unspecified atom stereocenters. The van der Waals surface area contributed by atoms with Crippen LogP contribution in [0.25, 0.3) is 0 Å². The predicted molar refractivity (Wildman–Crippen MR) is 99.3 cm³/mol. The minimum Gasteiger partial charge on any atom is -0.355 e. The van der Waals surface area contributed by atoms with Crippen molar-refractivity contribution >= 4 is 29.3 Å². The van der Waals surface area contributed by atoms with Crippen LogP contribution in [0.1, 0.15) is 23.7 Å². The SMILES string of the molecule is CCCNC(=O)CNC(=O)c1ccc(Sc2ccc(F)cc2)c([N+](=O)[O-])c1. The molecule has 0 spiro atoms. The largest absolute Gasteiger partial charge is 0.355 e. The van der Waals surface area contributed by atoms with Gasteiger partial charge in [0.25, 0.3) is 11.6 Å². The summed E-state index contributed by atoms with van der Waals surface area (Å²) in [6.07, 6.45) is 0.777. The molecule has 0 saturated carbocycles. The minimum atomic E-state index is -0.587. The maximum absolute atomic E-state index is 13.0. The van der Waals surface area contributed by atoms with Gasteiger partial charge in [0.15, 0.2) is 0 Å². The molecule has 0 saturated heterocycles. The van der Waals surface area contributed by atoms with E-state index < -0.39 is 16.6 Å². The first-order valence-corrected chi connectivity index (χ1v) is 8.99. The monoisotopic (exact) mass is 391 g/mol. The highest BCUT2D eigenvalue weighted by molar-refractivity contribution is 7.99. The van der Waals surface area contributed by atoms with E-state index in [0.29, 0.717) is 16.3 Å². The Kier molecular flexibility index (Phi) is 7.30. The molecule has 2 aromatic carbocycles. The number of nitro groups is 1. The Labute approximate surface area is 159 Å². The molecule has 27 heavy (non-hydrogen) atoms. The Bertz CT molecular complexity index is 843. The Morgan fingerprint density at radius 1 is 1.15 bits per heavy atom. The number of benzene rings is 2. The summed E-state index contributed by atoms with van der Waals surface area (Å²) in [5.74, 6) is -1.31. The molecule has 0 atom stereocenters. The molecule has 7 nitrogen and oxygen atoms in total. The van der Waals surface area contributed by atoms with Gasteiger partial charge in [-0.2, -0.15) is 0 Å². The molecule has 0 aliphatic heterocycles. The number of halogens is 1. The van der Waals surface area contributed by atoms with Gasteiger partial charge in [-0.25, -0.2) is 4.39 Å². The van der Waals surface area contributed by atoms with E-state index in [1.54, 1.807) is 0 Å². The fourth-order valence-electron chi connectivity index (χ4n) is 2.11. The van der Waals surface area contributed by atoms with E-state index in [2.05, 4.69) is 10.6 Å². The molecular formula is C18H18FN3O4S. The molecule has 0 aromatic heterocycles. The molecule has 0 bridgehead atoms. The Hall–Kier alpha value is -2.94. The molecule has 142 valence electrons. The zero-order valence-corrected chi connectivity index (χ0v) is 15.3. The third-order valence-corrected chi connectivity index (χ3v) is 4.51. The number of nitrogens with one attached hydrogen (secondary N) is 2. The smallest absolute Gasteiger partial charge is 0.284 e. The van der Waals surface area contributed by atoms with Crippen LogP contribution in [-0.4, -0.2) is 29.8 Å². The third kappa shape index (κ3) is 6.07. The average molecular weight is 391 g/mol. The number of nitrogens with zero attached hydrogens (tertiary/aromatic N) is 1. The van der Waals surface area contributed by atoms with E-state index in [-0.39, 0.29) is 23.7 Å². The lowest BCUT2D eigenvalue weighted by Gasteiger charge is -2.08. The molecule has 0 radical (unpaired) electrons. The van der Waals surface area contributed by atoms with Crippen LogP contribution in [0.2, 0.25) is 0 Å². The van der Waals surface area contributed by atoms with Crippen molar-refractivity contribution in [1.29, 1.82) is 0 Å². The lowest BCUT2D eigenvalue weighted by atomic mass is 10.2. The molecular weight excluding hydrogens is 373 g/mol. The summed E-state index contributed by atoms with van der Waals surface area (Å²) in [5, 5.41) is 16.4. The molecule has 2 amide bonds. The van der Waals surface area contributed by atoms with Crippen molar-refractivity contribution in [1.82, 2.24) is 10.6 Å². The van der Waals surface area contributed by atoms with Crippen molar-refractivity contribution in [3.8, 4) is 0 Å². The summed E-state index contributed by atoms with van der Waals surface area (Å²) >= 11 is 1.09. The number of carbonyl (C=O) groups excluding carboxylic acids is 2. The van der Waals surface area contributed by atoms with Gasteiger partial charge in [-0.15, -0.1) is 0 Å². The van der Waals surface area contributed by atoms with Crippen molar-refractivity contribution in [2.75, 3.05) is 13.1 Å². The van der Waals surface area contributed by atoms with Gasteiger partial charge in [-0.3, -0.25) is 19.7 Å². The predicted octanol–water partition coefficient (Wildman–Crippen LogP) is 3.14. The summed E-state index contributed by atoms with van der Waals surface area (Å²) < 4.78 is 13.0. The minimum absolute atomic E-state index is 0.0773. The van der Waals surface area contributed by atoms with Crippen LogP contribution >= 0.6 is 11.8 Å². The first-order chi connectivity index (χ1) is 12.9. The summed E-state index contributed by atoms with van der Waals surface area (Å²) in [7, 11) is 0. The van der Waals surface area contributed by atoms with Crippen LogP contribution in [-0.2, 0) is 4.79 Å². The van der Waals surface area contributed by atoms with E-state index in [1.165, 1.54) is 36.4 Å². The van der Waals surface area contributed by atoms with Gasteiger partial charge in [0.05, 0.1) is 16.4 Å². The zero-order chi connectivity index (χ0) is 19.8.